The van der Waals surface area contributed by atoms with Crippen LogP contribution in [0, 0.1) is 6.92 Å². The minimum atomic E-state index is -3.13. The highest BCUT2D eigenvalue weighted by Gasteiger charge is 2.09. The minimum Gasteiger partial charge on any atom is -0.492 e. The first kappa shape index (κ1) is 18.0. The number of hydrogen-bond donors (Lipinski definition) is 1. The molecule has 0 bridgehead atoms. The van der Waals surface area contributed by atoms with E-state index in [2.05, 4.69) is 5.32 Å². The average molecular weight is 347 g/mol. The summed E-state index contributed by atoms with van der Waals surface area (Å²) in [6, 6.07) is 14.3. The lowest BCUT2D eigenvalue weighted by Crippen LogP contribution is -2.28. The Hall–Kier alpha value is -2.34. The van der Waals surface area contributed by atoms with Crippen molar-refractivity contribution in [3.8, 4) is 5.75 Å². The summed E-state index contributed by atoms with van der Waals surface area (Å²) in [7, 11) is -3.13. The Morgan fingerprint density at radius 2 is 1.88 bits per heavy atom. The standard InChI is InChI=1S/C18H21NO4S/c1-14-5-3-8-17(11-14)23-10-9-19-18(20)16-7-4-6-15(12-16)13-24(2,21)22/h3-8,11-12H,9-10,13H2,1-2H3,(H,19,20). The number of hydrogen-bond acceptors (Lipinski definition) is 4. The van der Waals surface area contributed by atoms with Gasteiger partial charge in [0.15, 0.2) is 9.84 Å². The van der Waals surface area contributed by atoms with E-state index in [1.54, 1.807) is 24.3 Å². The molecule has 6 heteroatoms. The summed E-state index contributed by atoms with van der Waals surface area (Å²) in [6.45, 7) is 2.71. The van der Waals surface area contributed by atoms with Gasteiger partial charge in [-0.2, -0.15) is 0 Å². The van der Waals surface area contributed by atoms with E-state index in [0.717, 1.165) is 11.3 Å². The van der Waals surface area contributed by atoms with Crippen LogP contribution in [-0.4, -0.2) is 33.7 Å². The molecule has 0 fully saturated rings. The van der Waals surface area contributed by atoms with Gasteiger partial charge in [0, 0.05) is 11.8 Å². The molecule has 2 aromatic rings. The summed E-state index contributed by atoms with van der Waals surface area (Å²) in [6.07, 6.45) is 1.17. The molecule has 0 heterocycles. The van der Waals surface area contributed by atoms with Gasteiger partial charge < -0.3 is 10.1 Å². The van der Waals surface area contributed by atoms with E-state index in [4.69, 9.17) is 4.74 Å². The van der Waals surface area contributed by atoms with Gasteiger partial charge in [-0.05, 0) is 42.3 Å². The highest BCUT2D eigenvalue weighted by atomic mass is 32.2. The number of amides is 1. The number of carbonyl (C=O) groups is 1. The summed E-state index contributed by atoms with van der Waals surface area (Å²) in [4.78, 5) is 12.1. The molecule has 2 aromatic carbocycles. The zero-order valence-electron chi connectivity index (χ0n) is 13.8. The predicted octanol–water partition coefficient (Wildman–Crippen LogP) is 2.35. The van der Waals surface area contributed by atoms with Gasteiger partial charge in [-0.25, -0.2) is 8.42 Å². The molecule has 128 valence electrons. The lowest BCUT2D eigenvalue weighted by atomic mass is 10.1. The van der Waals surface area contributed by atoms with E-state index in [-0.39, 0.29) is 11.7 Å². The maximum absolute atomic E-state index is 12.1. The van der Waals surface area contributed by atoms with Crippen LogP contribution < -0.4 is 10.1 Å². The molecule has 1 N–H and O–H groups in total. The molecule has 1 amide bonds. The van der Waals surface area contributed by atoms with Crippen molar-refractivity contribution in [2.75, 3.05) is 19.4 Å². The molecule has 0 radical (unpaired) electrons. The molecule has 24 heavy (non-hydrogen) atoms. The van der Waals surface area contributed by atoms with E-state index in [0.29, 0.717) is 24.3 Å². The van der Waals surface area contributed by atoms with Crippen LogP contribution in [0.15, 0.2) is 48.5 Å². The van der Waals surface area contributed by atoms with Gasteiger partial charge in [0.05, 0.1) is 12.3 Å². The van der Waals surface area contributed by atoms with Crippen molar-refractivity contribution in [2.24, 2.45) is 0 Å². The number of aryl methyl sites for hydroxylation is 1. The summed E-state index contributed by atoms with van der Waals surface area (Å²) >= 11 is 0. The van der Waals surface area contributed by atoms with E-state index in [1.807, 2.05) is 31.2 Å². The Balaban J connectivity index is 1.85. The fourth-order valence-electron chi connectivity index (χ4n) is 2.25. The number of carbonyl (C=O) groups excluding carboxylic acids is 1. The molecule has 0 unspecified atom stereocenters. The molecule has 0 saturated heterocycles. The summed E-state index contributed by atoms with van der Waals surface area (Å²) < 4.78 is 28.2. The van der Waals surface area contributed by atoms with Crippen LogP contribution in [0.5, 0.6) is 5.75 Å². The lowest BCUT2D eigenvalue weighted by Gasteiger charge is -2.09. The van der Waals surface area contributed by atoms with Gasteiger partial charge in [-0.1, -0.05) is 24.3 Å². The summed E-state index contributed by atoms with van der Waals surface area (Å²) in [5, 5.41) is 2.76. The molecule has 0 aliphatic carbocycles. The normalized spacial score (nSPS) is 11.1. The number of ether oxygens (including phenoxy) is 1. The monoisotopic (exact) mass is 347 g/mol. The average Bonchev–Trinajstić information content (AvgIpc) is 2.50. The minimum absolute atomic E-state index is 0.0788. The van der Waals surface area contributed by atoms with Crippen LogP contribution in [0.4, 0.5) is 0 Å². The van der Waals surface area contributed by atoms with Gasteiger partial charge in [-0.3, -0.25) is 4.79 Å². The van der Waals surface area contributed by atoms with Crippen LogP contribution in [0.25, 0.3) is 0 Å². The van der Waals surface area contributed by atoms with Crippen molar-refractivity contribution in [1.82, 2.24) is 5.32 Å². The van der Waals surface area contributed by atoms with Crippen molar-refractivity contribution in [3.63, 3.8) is 0 Å². The fourth-order valence-corrected chi connectivity index (χ4v) is 3.03. The van der Waals surface area contributed by atoms with E-state index in [9.17, 15) is 13.2 Å². The second-order valence-corrected chi connectivity index (χ2v) is 7.83. The zero-order chi connectivity index (χ0) is 17.6. The molecule has 5 nitrogen and oxygen atoms in total. The molecule has 0 saturated carbocycles. The Morgan fingerprint density at radius 3 is 2.58 bits per heavy atom. The van der Waals surface area contributed by atoms with Gasteiger partial charge in [0.2, 0.25) is 0 Å². The summed E-state index contributed by atoms with van der Waals surface area (Å²) in [5.41, 5.74) is 2.15. The number of nitrogens with one attached hydrogen (secondary N) is 1. The maximum atomic E-state index is 12.1. The van der Waals surface area contributed by atoms with Gasteiger partial charge in [-0.15, -0.1) is 0 Å². The molecule has 0 atom stereocenters. The molecular weight excluding hydrogens is 326 g/mol. The smallest absolute Gasteiger partial charge is 0.251 e. The van der Waals surface area contributed by atoms with Crippen molar-refractivity contribution in [3.05, 3.63) is 65.2 Å². The third-order valence-corrected chi connectivity index (χ3v) is 4.12. The fraction of sp³-hybridized carbons (Fsp3) is 0.278. The maximum Gasteiger partial charge on any atom is 0.251 e. The van der Waals surface area contributed by atoms with Crippen molar-refractivity contribution in [2.45, 2.75) is 12.7 Å². The molecule has 2 rings (SSSR count). The molecule has 0 spiro atoms. The first-order valence-corrected chi connectivity index (χ1v) is 9.64. The second-order valence-electron chi connectivity index (χ2n) is 5.69. The highest BCUT2D eigenvalue weighted by molar-refractivity contribution is 7.89. The Morgan fingerprint density at radius 1 is 1.12 bits per heavy atom. The van der Waals surface area contributed by atoms with Gasteiger partial charge in [0.25, 0.3) is 5.91 Å². The second kappa shape index (κ2) is 7.97. The van der Waals surface area contributed by atoms with E-state index in [1.165, 1.54) is 6.26 Å². The zero-order valence-corrected chi connectivity index (χ0v) is 14.6. The van der Waals surface area contributed by atoms with E-state index < -0.39 is 9.84 Å². The third-order valence-electron chi connectivity index (χ3n) is 3.26. The third kappa shape index (κ3) is 6.04. The number of benzene rings is 2. The largest absolute Gasteiger partial charge is 0.492 e. The highest BCUT2D eigenvalue weighted by Crippen LogP contribution is 2.12. The Kier molecular flexibility index (Phi) is 5.98. The Bertz CT molecular complexity index is 815. The van der Waals surface area contributed by atoms with Gasteiger partial charge in [0.1, 0.15) is 12.4 Å². The SMILES string of the molecule is Cc1cccc(OCCNC(=O)c2cccc(CS(C)(=O)=O)c2)c1. The predicted molar refractivity (Wildman–Crippen MR) is 94.0 cm³/mol. The first-order valence-electron chi connectivity index (χ1n) is 7.58. The van der Waals surface area contributed by atoms with Crippen LogP contribution in [0.1, 0.15) is 21.5 Å². The quantitative estimate of drug-likeness (QED) is 0.781. The molecule has 0 aliphatic rings. The van der Waals surface area contributed by atoms with Crippen LogP contribution >= 0.6 is 0 Å². The Labute approximate surface area is 142 Å². The van der Waals surface area contributed by atoms with Crippen molar-refractivity contribution >= 4 is 15.7 Å². The van der Waals surface area contributed by atoms with Crippen LogP contribution in [-0.2, 0) is 15.6 Å². The van der Waals surface area contributed by atoms with Gasteiger partial charge >= 0.3 is 0 Å². The number of sulfone groups is 1. The topological polar surface area (TPSA) is 72.5 Å². The van der Waals surface area contributed by atoms with Crippen molar-refractivity contribution < 1.29 is 17.9 Å². The van der Waals surface area contributed by atoms with Crippen molar-refractivity contribution in [1.29, 1.82) is 0 Å². The molecular formula is C18H21NO4S. The van der Waals surface area contributed by atoms with Crippen LogP contribution in [0.3, 0.4) is 0 Å². The summed E-state index contributed by atoms with van der Waals surface area (Å²) in [5.74, 6) is 0.433. The van der Waals surface area contributed by atoms with Crippen LogP contribution in [0.2, 0.25) is 0 Å². The first-order chi connectivity index (χ1) is 11.3. The van der Waals surface area contributed by atoms with E-state index >= 15 is 0 Å². The lowest BCUT2D eigenvalue weighted by molar-refractivity contribution is 0.0947. The number of rotatable bonds is 7. The molecule has 0 aromatic heterocycles. The molecule has 0 aliphatic heterocycles.